The van der Waals surface area contributed by atoms with Crippen LogP contribution in [0.2, 0.25) is 0 Å². The molecule has 0 aromatic carbocycles. The summed E-state index contributed by atoms with van der Waals surface area (Å²) in [6.45, 7) is 4.92. The van der Waals surface area contributed by atoms with E-state index in [2.05, 4.69) is 15.7 Å². The molecular formula is C10H17N5O3. The lowest BCUT2D eigenvalue weighted by molar-refractivity contribution is -0.384. The molecule has 100 valence electrons. The minimum absolute atomic E-state index is 0.00894. The lowest BCUT2D eigenvalue weighted by atomic mass is 10.3. The molecule has 1 unspecified atom stereocenters. The third-order valence-corrected chi connectivity index (χ3v) is 2.19. The Labute approximate surface area is 105 Å². The molecule has 1 aromatic heterocycles. The van der Waals surface area contributed by atoms with E-state index in [4.69, 9.17) is 10.6 Å². The summed E-state index contributed by atoms with van der Waals surface area (Å²) in [6.07, 6.45) is -0.00894. The van der Waals surface area contributed by atoms with Crippen LogP contribution in [0.1, 0.15) is 13.8 Å². The predicted molar refractivity (Wildman–Crippen MR) is 68.3 cm³/mol. The molecule has 4 N–H and O–H groups in total. The molecule has 8 nitrogen and oxygen atoms in total. The van der Waals surface area contributed by atoms with E-state index >= 15 is 0 Å². The van der Waals surface area contributed by atoms with Crippen LogP contribution in [-0.4, -0.2) is 29.2 Å². The average molecular weight is 255 g/mol. The quantitative estimate of drug-likeness (QED) is 0.379. The van der Waals surface area contributed by atoms with Gasteiger partial charge >= 0.3 is 0 Å². The lowest BCUT2D eigenvalue weighted by Crippen LogP contribution is -2.20. The van der Waals surface area contributed by atoms with Crippen molar-refractivity contribution >= 4 is 17.3 Å². The largest absolute Gasteiger partial charge is 0.377 e. The Morgan fingerprint density at radius 2 is 2.22 bits per heavy atom. The Kier molecular flexibility index (Phi) is 5.28. The number of hydrazine groups is 1. The summed E-state index contributed by atoms with van der Waals surface area (Å²) < 4.78 is 5.33. The molecule has 1 aromatic rings. The van der Waals surface area contributed by atoms with Crippen LogP contribution >= 0.6 is 0 Å². The summed E-state index contributed by atoms with van der Waals surface area (Å²) in [5, 5.41) is 13.7. The number of nitrogen functional groups attached to an aromatic ring is 1. The maximum atomic E-state index is 10.7. The first-order valence-electron chi connectivity index (χ1n) is 5.55. The molecule has 0 saturated heterocycles. The number of ether oxygens (including phenoxy) is 1. The van der Waals surface area contributed by atoms with Crippen molar-refractivity contribution in [2.24, 2.45) is 5.84 Å². The van der Waals surface area contributed by atoms with Gasteiger partial charge in [-0.15, -0.1) is 0 Å². The zero-order chi connectivity index (χ0) is 13.5. The fraction of sp³-hybridized carbons (Fsp3) is 0.500. The van der Waals surface area contributed by atoms with Gasteiger partial charge in [0.1, 0.15) is 11.6 Å². The third-order valence-electron chi connectivity index (χ3n) is 2.19. The van der Waals surface area contributed by atoms with E-state index < -0.39 is 4.92 Å². The summed E-state index contributed by atoms with van der Waals surface area (Å²) in [7, 11) is 0. The summed E-state index contributed by atoms with van der Waals surface area (Å²) in [4.78, 5) is 14.3. The van der Waals surface area contributed by atoms with Crippen molar-refractivity contribution in [1.82, 2.24) is 4.98 Å². The fourth-order valence-electron chi connectivity index (χ4n) is 1.38. The zero-order valence-electron chi connectivity index (χ0n) is 10.3. The molecule has 0 aliphatic heterocycles. The van der Waals surface area contributed by atoms with Gasteiger partial charge in [-0.05, 0) is 13.8 Å². The second-order valence-corrected chi connectivity index (χ2v) is 3.64. The van der Waals surface area contributed by atoms with Crippen molar-refractivity contribution in [2.45, 2.75) is 20.0 Å². The molecule has 0 bridgehead atoms. The van der Waals surface area contributed by atoms with Crippen LogP contribution < -0.4 is 16.6 Å². The molecule has 1 atom stereocenters. The molecular weight excluding hydrogens is 238 g/mol. The highest BCUT2D eigenvalue weighted by atomic mass is 16.6. The lowest BCUT2D eigenvalue weighted by Gasteiger charge is -2.13. The second kappa shape index (κ2) is 6.72. The molecule has 0 spiro atoms. The normalized spacial score (nSPS) is 11.9. The van der Waals surface area contributed by atoms with E-state index in [0.29, 0.717) is 19.0 Å². The van der Waals surface area contributed by atoms with E-state index in [1.807, 2.05) is 13.8 Å². The fourth-order valence-corrected chi connectivity index (χ4v) is 1.38. The van der Waals surface area contributed by atoms with Crippen LogP contribution in [0.15, 0.2) is 12.1 Å². The van der Waals surface area contributed by atoms with Crippen molar-refractivity contribution < 1.29 is 9.66 Å². The third kappa shape index (κ3) is 4.15. The number of hydrogen-bond donors (Lipinski definition) is 3. The van der Waals surface area contributed by atoms with Crippen LogP contribution in [0.25, 0.3) is 0 Å². The first kappa shape index (κ1) is 14.1. The first-order chi connectivity index (χ1) is 8.56. The predicted octanol–water partition coefficient (Wildman–Crippen LogP) is 1.11. The second-order valence-electron chi connectivity index (χ2n) is 3.64. The molecule has 0 aliphatic rings. The minimum atomic E-state index is -0.500. The van der Waals surface area contributed by atoms with Crippen LogP contribution in [-0.2, 0) is 4.74 Å². The molecule has 0 aliphatic carbocycles. The summed E-state index contributed by atoms with van der Waals surface area (Å²) in [5.74, 6) is 5.81. The topological polar surface area (TPSA) is 115 Å². The van der Waals surface area contributed by atoms with E-state index in [9.17, 15) is 10.1 Å². The van der Waals surface area contributed by atoms with Gasteiger partial charge in [0, 0.05) is 13.2 Å². The summed E-state index contributed by atoms with van der Waals surface area (Å²) in [6, 6.07) is 2.61. The number of nitrogens with zero attached hydrogens (tertiary/aromatic N) is 2. The highest BCUT2D eigenvalue weighted by Gasteiger charge is 2.11. The number of rotatable bonds is 7. The highest BCUT2D eigenvalue weighted by Crippen LogP contribution is 2.19. The minimum Gasteiger partial charge on any atom is -0.377 e. The molecule has 0 radical (unpaired) electrons. The maximum absolute atomic E-state index is 10.7. The molecule has 1 heterocycles. The van der Waals surface area contributed by atoms with E-state index in [0.717, 1.165) is 0 Å². The first-order valence-corrected chi connectivity index (χ1v) is 5.55. The summed E-state index contributed by atoms with van der Waals surface area (Å²) in [5.41, 5.74) is 2.21. The molecule has 8 heteroatoms. The van der Waals surface area contributed by atoms with Gasteiger partial charge in [-0.3, -0.25) is 10.1 Å². The van der Waals surface area contributed by atoms with Crippen molar-refractivity contribution in [3.63, 3.8) is 0 Å². The van der Waals surface area contributed by atoms with Gasteiger partial charge in [-0.2, -0.15) is 0 Å². The van der Waals surface area contributed by atoms with Crippen molar-refractivity contribution in [3.8, 4) is 0 Å². The number of nitro groups is 1. The van der Waals surface area contributed by atoms with Gasteiger partial charge in [-0.1, -0.05) is 0 Å². The monoisotopic (exact) mass is 255 g/mol. The average Bonchev–Trinajstić information content (AvgIpc) is 2.36. The number of nitrogens with one attached hydrogen (secondary N) is 2. The van der Waals surface area contributed by atoms with Gasteiger partial charge in [0.2, 0.25) is 0 Å². The molecule has 0 fully saturated rings. The van der Waals surface area contributed by atoms with E-state index in [1.54, 1.807) is 0 Å². The Morgan fingerprint density at radius 3 is 2.78 bits per heavy atom. The number of nitrogens with two attached hydrogens (primary N) is 1. The number of aromatic nitrogens is 1. The van der Waals surface area contributed by atoms with Crippen molar-refractivity contribution in [1.29, 1.82) is 0 Å². The van der Waals surface area contributed by atoms with Gasteiger partial charge in [0.05, 0.1) is 23.2 Å². The highest BCUT2D eigenvalue weighted by molar-refractivity contribution is 5.54. The smallest absolute Gasteiger partial charge is 0.276 e. The van der Waals surface area contributed by atoms with Gasteiger partial charge in [0.15, 0.2) is 0 Å². The van der Waals surface area contributed by atoms with Gasteiger partial charge < -0.3 is 15.5 Å². The maximum Gasteiger partial charge on any atom is 0.276 e. The molecule has 18 heavy (non-hydrogen) atoms. The van der Waals surface area contributed by atoms with Crippen LogP contribution in [0, 0.1) is 10.1 Å². The van der Waals surface area contributed by atoms with Crippen LogP contribution in [0.5, 0.6) is 0 Å². The SMILES string of the molecule is CCOC(C)CNc1cc([N+](=O)[O-])cc(NN)n1. The summed E-state index contributed by atoms with van der Waals surface area (Å²) >= 11 is 0. The molecule has 1 rings (SSSR count). The van der Waals surface area contributed by atoms with Gasteiger partial charge in [-0.25, -0.2) is 10.8 Å². The van der Waals surface area contributed by atoms with Crippen molar-refractivity contribution in [3.05, 3.63) is 22.2 Å². The Morgan fingerprint density at radius 1 is 1.56 bits per heavy atom. The standard InChI is InChI=1S/C10H17N5O3/c1-3-18-7(2)6-12-9-4-8(15(16)17)5-10(13-9)14-11/h4-5,7H,3,6,11H2,1-2H3,(H2,12,13,14). The Hall–Kier alpha value is -1.93. The van der Waals surface area contributed by atoms with Gasteiger partial charge in [0.25, 0.3) is 5.69 Å². The molecule has 0 saturated carbocycles. The Balaban J connectivity index is 2.75. The van der Waals surface area contributed by atoms with Crippen LogP contribution in [0.4, 0.5) is 17.3 Å². The van der Waals surface area contributed by atoms with E-state index in [-0.39, 0.29) is 17.6 Å². The van der Waals surface area contributed by atoms with E-state index in [1.165, 1.54) is 12.1 Å². The van der Waals surface area contributed by atoms with Crippen LogP contribution in [0.3, 0.4) is 0 Å². The number of hydrogen-bond acceptors (Lipinski definition) is 7. The zero-order valence-corrected chi connectivity index (χ0v) is 10.3. The number of anilines is 2. The molecule has 0 amide bonds. The Bertz CT molecular complexity index is 412. The van der Waals surface area contributed by atoms with Crippen molar-refractivity contribution in [2.75, 3.05) is 23.9 Å². The number of pyridine rings is 1.